The molecular weight excluding hydrogens is 418 g/mol. The van der Waals surface area contributed by atoms with E-state index in [-0.39, 0.29) is 24.2 Å². The first-order valence-electron chi connectivity index (χ1n) is 10.6. The summed E-state index contributed by atoms with van der Waals surface area (Å²) in [5.74, 6) is 1.15. The van der Waals surface area contributed by atoms with Crippen molar-refractivity contribution in [1.82, 2.24) is 19.9 Å². The third kappa shape index (κ3) is 4.30. The lowest BCUT2D eigenvalue weighted by molar-refractivity contribution is -0.116. The van der Waals surface area contributed by atoms with E-state index in [0.717, 1.165) is 33.5 Å². The minimum absolute atomic E-state index is 0.0634. The van der Waals surface area contributed by atoms with Crippen LogP contribution < -0.4 is 16.4 Å². The van der Waals surface area contributed by atoms with Crippen LogP contribution in [0.4, 0.5) is 17.3 Å². The molecule has 0 aliphatic heterocycles. The van der Waals surface area contributed by atoms with Crippen LogP contribution in [0.15, 0.2) is 40.9 Å². The van der Waals surface area contributed by atoms with Crippen LogP contribution in [0, 0.1) is 27.7 Å². The molecule has 0 aliphatic rings. The van der Waals surface area contributed by atoms with Crippen LogP contribution in [0.1, 0.15) is 22.3 Å². The number of hydrogen-bond donors (Lipinski definition) is 3. The van der Waals surface area contributed by atoms with Gasteiger partial charge in [0.05, 0.1) is 0 Å². The monoisotopic (exact) mass is 445 g/mol. The molecule has 9 heteroatoms. The van der Waals surface area contributed by atoms with Gasteiger partial charge in [-0.2, -0.15) is 10.1 Å². The SMILES string of the molecule is CNc1nn(CC(=O)Nc2c(C)cc(C)cc2C)c(N)c1-c1nc(-c2ccccc2C)no1. The van der Waals surface area contributed by atoms with E-state index in [1.807, 2.05) is 64.1 Å². The zero-order valence-electron chi connectivity index (χ0n) is 19.4. The molecule has 0 radical (unpaired) electrons. The average molecular weight is 446 g/mol. The number of hydrogen-bond acceptors (Lipinski definition) is 7. The van der Waals surface area contributed by atoms with Crippen molar-refractivity contribution in [3.63, 3.8) is 0 Å². The Kier molecular flexibility index (Phi) is 5.87. The van der Waals surface area contributed by atoms with Crippen molar-refractivity contribution in [1.29, 1.82) is 0 Å². The van der Waals surface area contributed by atoms with Gasteiger partial charge in [-0.3, -0.25) is 4.79 Å². The van der Waals surface area contributed by atoms with Gasteiger partial charge in [-0.1, -0.05) is 47.1 Å². The van der Waals surface area contributed by atoms with Crippen LogP contribution in [-0.2, 0) is 11.3 Å². The first kappa shape index (κ1) is 22.1. The molecule has 4 rings (SSSR count). The largest absolute Gasteiger partial charge is 0.383 e. The molecule has 0 fully saturated rings. The topological polar surface area (TPSA) is 124 Å². The molecule has 2 aromatic heterocycles. The fourth-order valence-electron chi connectivity index (χ4n) is 3.93. The Balaban J connectivity index is 1.61. The van der Waals surface area contributed by atoms with Gasteiger partial charge in [0.2, 0.25) is 11.7 Å². The van der Waals surface area contributed by atoms with E-state index in [1.54, 1.807) is 7.05 Å². The number of anilines is 3. The second kappa shape index (κ2) is 8.78. The molecule has 0 saturated carbocycles. The van der Waals surface area contributed by atoms with Crippen LogP contribution in [0.3, 0.4) is 0 Å². The molecule has 2 heterocycles. The minimum Gasteiger partial charge on any atom is -0.383 e. The molecule has 9 nitrogen and oxygen atoms in total. The third-order valence-corrected chi connectivity index (χ3v) is 5.49. The fraction of sp³-hybridized carbons (Fsp3) is 0.250. The van der Waals surface area contributed by atoms with E-state index in [1.165, 1.54) is 4.68 Å². The molecule has 0 unspecified atom stereocenters. The quantitative estimate of drug-likeness (QED) is 0.408. The summed E-state index contributed by atoms with van der Waals surface area (Å²) in [6, 6.07) is 11.8. The summed E-state index contributed by atoms with van der Waals surface area (Å²) in [6.45, 7) is 7.88. The number of aryl methyl sites for hydroxylation is 4. The van der Waals surface area contributed by atoms with Crippen molar-refractivity contribution in [3.8, 4) is 22.8 Å². The summed E-state index contributed by atoms with van der Waals surface area (Å²) < 4.78 is 6.93. The van der Waals surface area contributed by atoms with Crippen molar-refractivity contribution < 1.29 is 9.32 Å². The molecule has 1 amide bonds. The highest BCUT2D eigenvalue weighted by Gasteiger charge is 2.24. The Morgan fingerprint density at radius 2 is 1.79 bits per heavy atom. The van der Waals surface area contributed by atoms with E-state index >= 15 is 0 Å². The summed E-state index contributed by atoms with van der Waals surface area (Å²) >= 11 is 0. The third-order valence-electron chi connectivity index (χ3n) is 5.49. The molecule has 33 heavy (non-hydrogen) atoms. The minimum atomic E-state index is -0.236. The van der Waals surface area contributed by atoms with Gasteiger partial charge in [0, 0.05) is 18.3 Å². The summed E-state index contributed by atoms with van der Waals surface area (Å²) in [5.41, 5.74) is 12.7. The number of carbonyl (C=O) groups excluding carboxylic acids is 1. The van der Waals surface area contributed by atoms with Gasteiger partial charge in [-0.25, -0.2) is 4.68 Å². The average Bonchev–Trinajstić information content (AvgIpc) is 3.35. The molecule has 0 aliphatic carbocycles. The lowest BCUT2D eigenvalue weighted by Gasteiger charge is -2.13. The van der Waals surface area contributed by atoms with Crippen molar-refractivity contribution in [3.05, 3.63) is 58.7 Å². The number of rotatable bonds is 6. The van der Waals surface area contributed by atoms with Gasteiger partial charge in [0.15, 0.2) is 5.82 Å². The standard InChI is InChI=1S/C24H27N7O2/c1-13-10-15(3)20(16(4)11-13)27-18(32)12-31-21(25)19(23(26-5)29-31)24-28-22(30-33-24)17-9-7-6-8-14(17)2/h6-11H,12,25H2,1-5H3,(H,26,29)(H,27,32). The van der Waals surface area contributed by atoms with Gasteiger partial charge in [0.1, 0.15) is 17.9 Å². The van der Waals surface area contributed by atoms with Gasteiger partial charge in [-0.15, -0.1) is 0 Å². The van der Waals surface area contributed by atoms with Crippen LogP contribution in [0.2, 0.25) is 0 Å². The highest BCUT2D eigenvalue weighted by Crippen LogP contribution is 2.34. The Bertz CT molecular complexity index is 1310. The lowest BCUT2D eigenvalue weighted by atomic mass is 10.1. The van der Waals surface area contributed by atoms with Gasteiger partial charge in [0.25, 0.3) is 5.89 Å². The van der Waals surface area contributed by atoms with E-state index < -0.39 is 0 Å². The fourth-order valence-corrected chi connectivity index (χ4v) is 3.93. The summed E-state index contributed by atoms with van der Waals surface area (Å²) in [4.78, 5) is 17.3. The van der Waals surface area contributed by atoms with Crippen LogP contribution in [0.25, 0.3) is 22.8 Å². The molecule has 4 N–H and O–H groups in total. The van der Waals surface area contributed by atoms with Crippen molar-refractivity contribution in [2.24, 2.45) is 0 Å². The molecule has 0 spiro atoms. The smallest absolute Gasteiger partial charge is 0.265 e. The normalized spacial score (nSPS) is 10.9. The second-order valence-electron chi connectivity index (χ2n) is 8.08. The molecule has 0 saturated heterocycles. The first-order valence-corrected chi connectivity index (χ1v) is 10.6. The number of nitrogens with one attached hydrogen (secondary N) is 2. The maximum Gasteiger partial charge on any atom is 0.265 e. The molecule has 4 aromatic rings. The predicted molar refractivity (Wildman–Crippen MR) is 129 cm³/mol. The van der Waals surface area contributed by atoms with Crippen molar-refractivity contribution in [2.45, 2.75) is 34.2 Å². The van der Waals surface area contributed by atoms with Crippen LogP contribution in [-0.4, -0.2) is 32.9 Å². The van der Waals surface area contributed by atoms with E-state index in [4.69, 9.17) is 10.3 Å². The van der Waals surface area contributed by atoms with E-state index in [9.17, 15) is 4.79 Å². The zero-order valence-corrected chi connectivity index (χ0v) is 19.4. The number of nitrogens with zero attached hydrogens (tertiary/aromatic N) is 4. The van der Waals surface area contributed by atoms with E-state index in [0.29, 0.717) is 17.2 Å². The summed E-state index contributed by atoms with van der Waals surface area (Å²) in [7, 11) is 1.72. The number of nitrogens with two attached hydrogens (primary N) is 1. The van der Waals surface area contributed by atoms with Crippen molar-refractivity contribution in [2.75, 3.05) is 23.4 Å². The maximum absolute atomic E-state index is 12.8. The Hall–Kier alpha value is -4.14. The van der Waals surface area contributed by atoms with Gasteiger partial charge < -0.3 is 20.9 Å². The lowest BCUT2D eigenvalue weighted by Crippen LogP contribution is -2.21. The zero-order chi connectivity index (χ0) is 23.7. The Morgan fingerprint density at radius 3 is 2.45 bits per heavy atom. The van der Waals surface area contributed by atoms with Crippen LogP contribution >= 0.6 is 0 Å². The van der Waals surface area contributed by atoms with Crippen molar-refractivity contribution >= 4 is 23.2 Å². The molecule has 2 aromatic carbocycles. The molecular formula is C24H27N7O2. The number of amides is 1. The van der Waals surface area contributed by atoms with E-state index in [2.05, 4.69) is 25.9 Å². The Labute approximate surface area is 192 Å². The number of benzene rings is 2. The maximum atomic E-state index is 12.8. The molecule has 170 valence electrons. The van der Waals surface area contributed by atoms with Gasteiger partial charge in [-0.05, 0) is 44.4 Å². The highest BCUT2D eigenvalue weighted by molar-refractivity contribution is 5.93. The second-order valence-corrected chi connectivity index (χ2v) is 8.08. The van der Waals surface area contributed by atoms with Gasteiger partial charge >= 0.3 is 0 Å². The first-order chi connectivity index (χ1) is 15.8. The van der Waals surface area contributed by atoms with Crippen LogP contribution in [0.5, 0.6) is 0 Å². The predicted octanol–water partition coefficient (Wildman–Crippen LogP) is 4.10. The molecule has 0 bridgehead atoms. The highest BCUT2D eigenvalue weighted by atomic mass is 16.5. The number of carbonyl (C=O) groups is 1. The number of nitrogen functional groups attached to an aromatic ring is 1. The summed E-state index contributed by atoms with van der Waals surface area (Å²) in [5, 5.41) is 14.5. The Morgan fingerprint density at radius 1 is 1.09 bits per heavy atom. The summed E-state index contributed by atoms with van der Waals surface area (Å²) in [6.07, 6.45) is 0. The molecule has 0 atom stereocenters. The number of aromatic nitrogens is 4.